The van der Waals surface area contributed by atoms with Crippen molar-refractivity contribution >= 4 is 12.4 Å². The zero-order chi connectivity index (χ0) is 10.5. The molecule has 1 fully saturated rings. The second kappa shape index (κ2) is 6.89. The van der Waals surface area contributed by atoms with E-state index in [4.69, 9.17) is 4.74 Å². The Morgan fingerprint density at radius 2 is 2.06 bits per heavy atom. The van der Waals surface area contributed by atoms with Gasteiger partial charge < -0.3 is 10.1 Å². The fourth-order valence-electron chi connectivity index (χ4n) is 1.98. The van der Waals surface area contributed by atoms with E-state index in [9.17, 15) is 0 Å². The number of aryl methyl sites for hydroxylation is 1. The van der Waals surface area contributed by atoms with Gasteiger partial charge in [-0.1, -0.05) is 29.8 Å². The lowest BCUT2D eigenvalue weighted by Gasteiger charge is -2.23. The van der Waals surface area contributed by atoms with Gasteiger partial charge in [-0.15, -0.1) is 12.4 Å². The molecule has 0 spiro atoms. The topological polar surface area (TPSA) is 21.3 Å². The summed E-state index contributed by atoms with van der Waals surface area (Å²) in [5.41, 5.74) is 2.59. The highest BCUT2D eigenvalue weighted by atomic mass is 35.5. The molecular weight excluding hydrogens is 222 g/mol. The minimum absolute atomic E-state index is 0. The second-order valence-corrected chi connectivity index (χ2v) is 4.25. The van der Waals surface area contributed by atoms with Crippen molar-refractivity contribution in [3.05, 3.63) is 35.4 Å². The summed E-state index contributed by atoms with van der Waals surface area (Å²) >= 11 is 0. The van der Waals surface area contributed by atoms with E-state index in [0.717, 1.165) is 32.5 Å². The van der Waals surface area contributed by atoms with Gasteiger partial charge in [-0.3, -0.25) is 0 Å². The first-order chi connectivity index (χ1) is 7.34. The molecule has 16 heavy (non-hydrogen) atoms. The minimum Gasteiger partial charge on any atom is -0.373 e. The van der Waals surface area contributed by atoms with Gasteiger partial charge in [-0.05, 0) is 38.4 Å². The Labute approximate surface area is 104 Å². The Bertz CT molecular complexity index is 311. The van der Waals surface area contributed by atoms with Crippen LogP contribution in [0.5, 0.6) is 0 Å². The lowest BCUT2D eigenvalue weighted by Crippen LogP contribution is -2.32. The summed E-state index contributed by atoms with van der Waals surface area (Å²) in [6.45, 7) is 5.07. The molecule has 3 heteroatoms. The summed E-state index contributed by atoms with van der Waals surface area (Å²) in [4.78, 5) is 0. The lowest BCUT2D eigenvalue weighted by atomic mass is 10.1. The number of benzene rings is 1. The molecule has 0 unspecified atom stereocenters. The van der Waals surface area contributed by atoms with Crippen molar-refractivity contribution in [1.29, 1.82) is 0 Å². The maximum atomic E-state index is 5.88. The van der Waals surface area contributed by atoms with Crippen molar-refractivity contribution in [3.63, 3.8) is 0 Å². The van der Waals surface area contributed by atoms with Crippen molar-refractivity contribution in [2.75, 3.05) is 13.1 Å². The molecule has 1 aliphatic heterocycles. The van der Waals surface area contributed by atoms with Crippen LogP contribution in [0.3, 0.4) is 0 Å². The number of ether oxygens (including phenoxy) is 1. The maximum absolute atomic E-state index is 5.88. The van der Waals surface area contributed by atoms with Gasteiger partial charge in [0.1, 0.15) is 0 Å². The summed E-state index contributed by atoms with van der Waals surface area (Å²) < 4.78 is 5.88. The molecule has 0 amide bonds. The Kier molecular flexibility index (Phi) is 5.81. The van der Waals surface area contributed by atoms with Crippen molar-refractivity contribution in [2.45, 2.75) is 32.5 Å². The van der Waals surface area contributed by atoms with Crippen molar-refractivity contribution < 1.29 is 4.74 Å². The first-order valence-electron chi connectivity index (χ1n) is 5.72. The van der Waals surface area contributed by atoms with E-state index < -0.39 is 0 Å². The predicted octanol–water partition coefficient (Wildman–Crippen LogP) is 2.69. The van der Waals surface area contributed by atoms with Crippen molar-refractivity contribution in [3.8, 4) is 0 Å². The average molecular weight is 242 g/mol. The minimum atomic E-state index is 0. The van der Waals surface area contributed by atoms with Crippen LogP contribution in [0.15, 0.2) is 24.3 Å². The van der Waals surface area contributed by atoms with Crippen LogP contribution in [-0.2, 0) is 11.3 Å². The van der Waals surface area contributed by atoms with E-state index in [2.05, 4.69) is 36.5 Å². The molecule has 1 saturated heterocycles. The molecule has 0 radical (unpaired) electrons. The van der Waals surface area contributed by atoms with Crippen LogP contribution in [0, 0.1) is 6.92 Å². The van der Waals surface area contributed by atoms with Gasteiger partial charge in [0.25, 0.3) is 0 Å². The summed E-state index contributed by atoms with van der Waals surface area (Å²) in [5.74, 6) is 0. The third kappa shape index (κ3) is 4.12. The highest BCUT2D eigenvalue weighted by molar-refractivity contribution is 5.85. The molecule has 0 saturated carbocycles. The van der Waals surface area contributed by atoms with Crippen LogP contribution in [0.4, 0.5) is 0 Å². The third-order valence-electron chi connectivity index (χ3n) is 2.85. The average Bonchev–Trinajstić information content (AvgIpc) is 2.28. The fraction of sp³-hybridized carbons (Fsp3) is 0.538. The molecule has 1 N–H and O–H groups in total. The molecule has 0 aliphatic carbocycles. The van der Waals surface area contributed by atoms with Gasteiger partial charge in [0, 0.05) is 0 Å². The van der Waals surface area contributed by atoms with Crippen LogP contribution < -0.4 is 5.32 Å². The van der Waals surface area contributed by atoms with E-state index in [1.54, 1.807) is 0 Å². The predicted molar refractivity (Wildman–Crippen MR) is 69.1 cm³/mol. The van der Waals surface area contributed by atoms with E-state index in [1.807, 2.05) is 0 Å². The highest BCUT2D eigenvalue weighted by Gasteiger charge is 2.12. The van der Waals surface area contributed by atoms with E-state index >= 15 is 0 Å². The SMILES string of the molecule is Cc1cccc(COC2CCNCC2)c1.Cl. The molecular formula is C13H20ClNO. The number of hydrogen-bond donors (Lipinski definition) is 1. The van der Waals surface area contributed by atoms with Gasteiger partial charge in [-0.25, -0.2) is 0 Å². The number of piperidine rings is 1. The molecule has 0 bridgehead atoms. The quantitative estimate of drug-likeness (QED) is 0.879. The van der Waals surface area contributed by atoms with E-state index in [0.29, 0.717) is 6.10 Å². The first-order valence-corrected chi connectivity index (χ1v) is 5.72. The summed E-state index contributed by atoms with van der Waals surface area (Å²) in [6.07, 6.45) is 2.74. The summed E-state index contributed by atoms with van der Waals surface area (Å²) in [6, 6.07) is 8.54. The second-order valence-electron chi connectivity index (χ2n) is 4.25. The van der Waals surface area contributed by atoms with Crippen LogP contribution in [0.1, 0.15) is 24.0 Å². The fourth-order valence-corrected chi connectivity index (χ4v) is 1.98. The lowest BCUT2D eigenvalue weighted by molar-refractivity contribution is 0.0212. The Morgan fingerprint density at radius 3 is 2.75 bits per heavy atom. The molecule has 1 aromatic carbocycles. The van der Waals surface area contributed by atoms with Crippen molar-refractivity contribution in [2.24, 2.45) is 0 Å². The zero-order valence-corrected chi connectivity index (χ0v) is 10.6. The largest absolute Gasteiger partial charge is 0.373 e. The molecule has 0 aromatic heterocycles. The van der Waals surface area contributed by atoms with Crippen LogP contribution >= 0.6 is 12.4 Å². The maximum Gasteiger partial charge on any atom is 0.0720 e. The van der Waals surface area contributed by atoms with Gasteiger partial charge >= 0.3 is 0 Å². The molecule has 2 rings (SSSR count). The standard InChI is InChI=1S/C13H19NO.ClH/c1-11-3-2-4-12(9-11)10-15-13-5-7-14-8-6-13;/h2-4,9,13-14H,5-8,10H2,1H3;1H. The summed E-state index contributed by atoms with van der Waals surface area (Å²) in [5, 5.41) is 3.34. The Balaban J connectivity index is 0.00000128. The number of nitrogens with one attached hydrogen (secondary N) is 1. The van der Waals surface area contributed by atoms with E-state index in [1.165, 1.54) is 11.1 Å². The zero-order valence-electron chi connectivity index (χ0n) is 9.74. The number of halogens is 1. The smallest absolute Gasteiger partial charge is 0.0720 e. The number of rotatable bonds is 3. The van der Waals surface area contributed by atoms with Crippen molar-refractivity contribution in [1.82, 2.24) is 5.32 Å². The van der Waals surface area contributed by atoms with Gasteiger partial charge in [0.15, 0.2) is 0 Å². The Hall–Kier alpha value is -0.570. The molecule has 1 heterocycles. The van der Waals surface area contributed by atoms with Crippen LogP contribution in [0.25, 0.3) is 0 Å². The van der Waals surface area contributed by atoms with Gasteiger partial charge in [0.2, 0.25) is 0 Å². The normalized spacial score (nSPS) is 16.8. The van der Waals surface area contributed by atoms with Gasteiger partial charge in [0.05, 0.1) is 12.7 Å². The van der Waals surface area contributed by atoms with E-state index in [-0.39, 0.29) is 12.4 Å². The summed E-state index contributed by atoms with van der Waals surface area (Å²) in [7, 11) is 0. The molecule has 1 aliphatic rings. The van der Waals surface area contributed by atoms with Gasteiger partial charge in [-0.2, -0.15) is 0 Å². The van der Waals surface area contributed by atoms with Crippen LogP contribution in [-0.4, -0.2) is 19.2 Å². The molecule has 1 aromatic rings. The van der Waals surface area contributed by atoms with Crippen LogP contribution in [0.2, 0.25) is 0 Å². The third-order valence-corrected chi connectivity index (χ3v) is 2.85. The molecule has 2 nitrogen and oxygen atoms in total. The Morgan fingerprint density at radius 1 is 1.31 bits per heavy atom. The number of hydrogen-bond acceptors (Lipinski definition) is 2. The molecule has 90 valence electrons. The first kappa shape index (κ1) is 13.5. The highest BCUT2D eigenvalue weighted by Crippen LogP contribution is 2.11. The monoisotopic (exact) mass is 241 g/mol. The molecule has 0 atom stereocenters.